The molecule has 5 nitrogen and oxygen atoms in total. The predicted molar refractivity (Wildman–Crippen MR) is 78.3 cm³/mol. The minimum atomic E-state index is -0.0951. The molecular formula is C15H20N4O. The lowest BCUT2D eigenvalue weighted by molar-refractivity contribution is -0.123. The fraction of sp³-hybridized carbons (Fsp3) is 0.467. The van der Waals surface area contributed by atoms with Gasteiger partial charge < -0.3 is 15.2 Å². The summed E-state index contributed by atoms with van der Waals surface area (Å²) in [5, 5.41) is 6.27. The molecule has 0 bridgehead atoms. The fourth-order valence-electron chi connectivity index (χ4n) is 2.84. The predicted octanol–water partition coefficient (Wildman–Crippen LogP) is 1.50. The number of carbonyl (C=O) groups is 1. The first-order valence-electron chi connectivity index (χ1n) is 7.12. The van der Waals surface area contributed by atoms with E-state index in [1.165, 1.54) is 0 Å². The van der Waals surface area contributed by atoms with Gasteiger partial charge in [-0.15, -0.1) is 0 Å². The first-order valence-corrected chi connectivity index (χ1v) is 7.12. The van der Waals surface area contributed by atoms with Gasteiger partial charge in [0.2, 0.25) is 5.91 Å². The first-order chi connectivity index (χ1) is 9.66. The number of imidazole rings is 1. The first kappa shape index (κ1) is 13.1. The molecule has 106 valence electrons. The molecule has 2 heterocycles. The van der Waals surface area contributed by atoms with Crippen LogP contribution >= 0.6 is 0 Å². The number of aryl methyl sites for hydroxylation is 1. The third-order valence-corrected chi connectivity index (χ3v) is 3.94. The average Bonchev–Trinajstić information content (AvgIpc) is 3.07. The molecule has 0 spiro atoms. The SMILES string of the molecule is CC(NC(=O)[C@@H]1CCCN1)c1nc2ccccc2n1C. The molecule has 1 fully saturated rings. The Balaban J connectivity index is 1.79. The maximum atomic E-state index is 12.1. The number of nitrogens with zero attached hydrogens (tertiary/aromatic N) is 2. The summed E-state index contributed by atoms with van der Waals surface area (Å²) in [7, 11) is 1.99. The van der Waals surface area contributed by atoms with Crippen molar-refractivity contribution in [3.05, 3.63) is 30.1 Å². The maximum absolute atomic E-state index is 12.1. The quantitative estimate of drug-likeness (QED) is 0.890. The zero-order chi connectivity index (χ0) is 14.1. The second-order valence-electron chi connectivity index (χ2n) is 5.40. The number of para-hydroxylation sites is 2. The molecule has 0 saturated carbocycles. The Morgan fingerprint density at radius 2 is 2.30 bits per heavy atom. The summed E-state index contributed by atoms with van der Waals surface area (Å²) in [4.78, 5) is 16.8. The molecular weight excluding hydrogens is 252 g/mol. The van der Waals surface area contributed by atoms with Crippen LogP contribution in [-0.4, -0.2) is 28.0 Å². The molecule has 0 aliphatic carbocycles. The van der Waals surface area contributed by atoms with Gasteiger partial charge in [-0.2, -0.15) is 0 Å². The van der Waals surface area contributed by atoms with Gasteiger partial charge in [0.1, 0.15) is 5.82 Å². The summed E-state index contributed by atoms with van der Waals surface area (Å²) >= 11 is 0. The van der Waals surface area contributed by atoms with Crippen LogP contribution < -0.4 is 10.6 Å². The Morgan fingerprint density at radius 1 is 1.50 bits per heavy atom. The second kappa shape index (κ2) is 5.25. The van der Waals surface area contributed by atoms with E-state index in [4.69, 9.17) is 0 Å². The molecule has 20 heavy (non-hydrogen) atoms. The minimum Gasteiger partial charge on any atom is -0.345 e. The largest absolute Gasteiger partial charge is 0.345 e. The van der Waals surface area contributed by atoms with Crippen LogP contribution in [-0.2, 0) is 11.8 Å². The molecule has 2 N–H and O–H groups in total. The molecule has 2 aromatic rings. The van der Waals surface area contributed by atoms with Gasteiger partial charge >= 0.3 is 0 Å². The number of hydrogen-bond donors (Lipinski definition) is 2. The Bertz CT molecular complexity index is 628. The smallest absolute Gasteiger partial charge is 0.237 e. The highest BCUT2D eigenvalue weighted by molar-refractivity contribution is 5.82. The van der Waals surface area contributed by atoms with Crippen molar-refractivity contribution in [1.29, 1.82) is 0 Å². The fourth-order valence-corrected chi connectivity index (χ4v) is 2.84. The molecule has 0 radical (unpaired) electrons. The molecule has 1 saturated heterocycles. The van der Waals surface area contributed by atoms with Gasteiger partial charge in [0, 0.05) is 7.05 Å². The van der Waals surface area contributed by atoms with Crippen molar-refractivity contribution in [2.24, 2.45) is 7.05 Å². The Kier molecular flexibility index (Phi) is 3.44. The lowest BCUT2D eigenvalue weighted by Gasteiger charge is -2.17. The molecule has 1 aliphatic heterocycles. The Hall–Kier alpha value is -1.88. The van der Waals surface area contributed by atoms with E-state index in [-0.39, 0.29) is 18.0 Å². The number of hydrogen-bond acceptors (Lipinski definition) is 3. The second-order valence-corrected chi connectivity index (χ2v) is 5.40. The number of amides is 1. The van der Waals surface area contributed by atoms with E-state index >= 15 is 0 Å². The number of rotatable bonds is 3. The average molecular weight is 272 g/mol. The highest BCUT2D eigenvalue weighted by Crippen LogP contribution is 2.19. The number of benzene rings is 1. The van der Waals surface area contributed by atoms with E-state index in [2.05, 4.69) is 15.6 Å². The van der Waals surface area contributed by atoms with Crippen LogP contribution in [0.1, 0.15) is 31.6 Å². The summed E-state index contributed by atoms with van der Waals surface area (Å²) in [6, 6.07) is 7.86. The van der Waals surface area contributed by atoms with Gasteiger partial charge in [0.15, 0.2) is 0 Å². The number of nitrogens with one attached hydrogen (secondary N) is 2. The van der Waals surface area contributed by atoms with E-state index in [0.29, 0.717) is 0 Å². The molecule has 1 amide bonds. The van der Waals surface area contributed by atoms with Crippen molar-refractivity contribution >= 4 is 16.9 Å². The van der Waals surface area contributed by atoms with Crippen molar-refractivity contribution in [1.82, 2.24) is 20.2 Å². The van der Waals surface area contributed by atoms with E-state index in [9.17, 15) is 4.79 Å². The number of fused-ring (bicyclic) bond motifs is 1. The van der Waals surface area contributed by atoms with E-state index in [1.807, 2.05) is 42.8 Å². The van der Waals surface area contributed by atoms with Crippen molar-refractivity contribution < 1.29 is 4.79 Å². The summed E-state index contributed by atoms with van der Waals surface area (Å²) < 4.78 is 2.04. The normalized spacial score (nSPS) is 20.2. The minimum absolute atomic E-state index is 0.0489. The molecule has 1 aliphatic rings. The van der Waals surface area contributed by atoms with Crippen molar-refractivity contribution in [2.75, 3.05) is 6.54 Å². The monoisotopic (exact) mass is 272 g/mol. The maximum Gasteiger partial charge on any atom is 0.237 e. The molecule has 1 aromatic carbocycles. The van der Waals surface area contributed by atoms with Gasteiger partial charge in [-0.25, -0.2) is 4.98 Å². The van der Waals surface area contributed by atoms with Gasteiger partial charge in [0.05, 0.1) is 23.1 Å². The van der Waals surface area contributed by atoms with Crippen LogP contribution in [0.15, 0.2) is 24.3 Å². The van der Waals surface area contributed by atoms with Crippen molar-refractivity contribution in [2.45, 2.75) is 31.8 Å². The van der Waals surface area contributed by atoms with Gasteiger partial charge in [-0.1, -0.05) is 12.1 Å². The number of carbonyl (C=O) groups excluding carboxylic acids is 1. The summed E-state index contributed by atoms with van der Waals surface area (Å²) in [6.07, 6.45) is 1.99. The third kappa shape index (κ3) is 2.29. The summed E-state index contributed by atoms with van der Waals surface area (Å²) in [5.74, 6) is 0.958. The molecule has 2 atom stereocenters. The Morgan fingerprint density at radius 3 is 3.00 bits per heavy atom. The summed E-state index contributed by atoms with van der Waals surface area (Å²) in [6.45, 7) is 2.91. The molecule has 3 rings (SSSR count). The summed E-state index contributed by atoms with van der Waals surface area (Å²) in [5.41, 5.74) is 2.05. The van der Waals surface area contributed by atoms with Crippen molar-refractivity contribution in [3.8, 4) is 0 Å². The van der Waals surface area contributed by atoms with Gasteiger partial charge in [0.25, 0.3) is 0 Å². The van der Waals surface area contributed by atoms with E-state index < -0.39 is 0 Å². The van der Waals surface area contributed by atoms with E-state index in [0.717, 1.165) is 36.2 Å². The molecule has 1 unspecified atom stereocenters. The zero-order valence-electron chi connectivity index (χ0n) is 11.9. The Labute approximate surface area is 118 Å². The third-order valence-electron chi connectivity index (χ3n) is 3.94. The standard InChI is InChI=1S/C15H20N4O/c1-10(17-15(20)12-7-5-9-16-12)14-18-11-6-3-4-8-13(11)19(14)2/h3-4,6,8,10,12,16H,5,7,9H2,1-2H3,(H,17,20)/t10?,12-/m0/s1. The van der Waals surface area contributed by atoms with Crippen LogP contribution in [0.3, 0.4) is 0 Å². The highest BCUT2D eigenvalue weighted by Gasteiger charge is 2.24. The lowest BCUT2D eigenvalue weighted by Crippen LogP contribution is -2.41. The number of aromatic nitrogens is 2. The van der Waals surface area contributed by atoms with Gasteiger partial charge in [-0.3, -0.25) is 4.79 Å². The molecule has 5 heteroatoms. The van der Waals surface area contributed by atoms with Crippen molar-refractivity contribution in [3.63, 3.8) is 0 Å². The van der Waals surface area contributed by atoms with Crippen LogP contribution in [0.2, 0.25) is 0 Å². The van der Waals surface area contributed by atoms with Crippen LogP contribution in [0.5, 0.6) is 0 Å². The van der Waals surface area contributed by atoms with Crippen LogP contribution in [0, 0.1) is 0 Å². The van der Waals surface area contributed by atoms with E-state index in [1.54, 1.807) is 0 Å². The van der Waals surface area contributed by atoms with Crippen LogP contribution in [0.25, 0.3) is 11.0 Å². The lowest BCUT2D eigenvalue weighted by atomic mass is 10.2. The molecule has 1 aromatic heterocycles. The zero-order valence-corrected chi connectivity index (χ0v) is 11.9. The van der Waals surface area contributed by atoms with Gasteiger partial charge in [-0.05, 0) is 38.4 Å². The van der Waals surface area contributed by atoms with Crippen LogP contribution in [0.4, 0.5) is 0 Å². The topological polar surface area (TPSA) is 59.0 Å². The highest BCUT2D eigenvalue weighted by atomic mass is 16.2.